The van der Waals surface area contributed by atoms with Gasteiger partial charge in [-0.25, -0.2) is 13.1 Å². The van der Waals surface area contributed by atoms with Crippen molar-refractivity contribution in [3.8, 4) is 0 Å². The van der Waals surface area contributed by atoms with Crippen LogP contribution in [0.25, 0.3) is 0 Å². The number of halogens is 1. The van der Waals surface area contributed by atoms with Crippen LogP contribution < -0.4 is 4.72 Å². The van der Waals surface area contributed by atoms with E-state index in [0.29, 0.717) is 0 Å². The van der Waals surface area contributed by atoms with Crippen LogP contribution in [0.4, 0.5) is 5.69 Å². The first-order chi connectivity index (χ1) is 9.72. The van der Waals surface area contributed by atoms with Crippen molar-refractivity contribution < 1.29 is 22.8 Å². The van der Waals surface area contributed by atoms with Gasteiger partial charge in [0.25, 0.3) is 5.69 Å². The van der Waals surface area contributed by atoms with Crippen LogP contribution in [0.3, 0.4) is 0 Å². The SMILES string of the molecule is COC(CNS(=O)(=O)c1cc(Cl)c(C)c([N+](=O)[O-])c1)OC. The Kier molecular flexibility index (Phi) is 6.05. The third-order valence-electron chi connectivity index (χ3n) is 2.76. The number of hydrogen-bond donors (Lipinski definition) is 1. The van der Waals surface area contributed by atoms with Gasteiger partial charge in [-0.05, 0) is 13.0 Å². The Morgan fingerprint density at radius 2 is 1.95 bits per heavy atom. The summed E-state index contributed by atoms with van der Waals surface area (Å²) in [6.45, 7) is 1.30. The first-order valence-electron chi connectivity index (χ1n) is 5.72. The summed E-state index contributed by atoms with van der Waals surface area (Å²) in [4.78, 5) is 9.92. The zero-order chi connectivity index (χ0) is 16.2. The van der Waals surface area contributed by atoms with E-state index in [9.17, 15) is 18.5 Å². The number of hydrogen-bond acceptors (Lipinski definition) is 6. The molecule has 21 heavy (non-hydrogen) atoms. The normalized spacial score (nSPS) is 11.9. The van der Waals surface area contributed by atoms with Gasteiger partial charge in [0.05, 0.1) is 21.4 Å². The lowest BCUT2D eigenvalue weighted by molar-refractivity contribution is -0.385. The molecule has 0 unspecified atom stereocenters. The molecule has 10 heteroatoms. The highest BCUT2D eigenvalue weighted by atomic mass is 35.5. The van der Waals surface area contributed by atoms with Crippen LogP contribution in [0, 0.1) is 17.0 Å². The highest BCUT2D eigenvalue weighted by molar-refractivity contribution is 7.89. The number of methoxy groups -OCH3 is 2. The van der Waals surface area contributed by atoms with Crippen LogP contribution in [0.5, 0.6) is 0 Å². The van der Waals surface area contributed by atoms with Crippen molar-refractivity contribution >= 4 is 27.3 Å². The van der Waals surface area contributed by atoms with Crippen LogP contribution in [-0.2, 0) is 19.5 Å². The zero-order valence-corrected chi connectivity index (χ0v) is 13.2. The van der Waals surface area contributed by atoms with Crippen molar-refractivity contribution in [3.05, 3.63) is 32.8 Å². The van der Waals surface area contributed by atoms with Crippen molar-refractivity contribution in [1.29, 1.82) is 0 Å². The molecule has 0 fully saturated rings. The Morgan fingerprint density at radius 3 is 2.43 bits per heavy atom. The van der Waals surface area contributed by atoms with Gasteiger partial charge >= 0.3 is 0 Å². The molecule has 0 aliphatic rings. The molecule has 0 aliphatic carbocycles. The van der Waals surface area contributed by atoms with E-state index in [1.807, 2.05) is 0 Å². The smallest absolute Gasteiger partial charge is 0.275 e. The summed E-state index contributed by atoms with van der Waals surface area (Å²) in [5.74, 6) is 0. The van der Waals surface area contributed by atoms with E-state index in [4.69, 9.17) is 21.1 Å². The molecule has 0 atom stereocenters. The number of nitro groups is 1. The summed E-state index contributed by atoms with van der Waals surface area (Å²) >= 11 is 5.84. The highest BCUT2D eigenvalue weighted by Gasteiger charge is 2.23. The van der Waals surface area contributed by atoms with Crippen LogP contribution in [-0.4, -0.2) is 40.4 Å². The predicted molar refractivity (Wildman–Crippen MR) is 75.8 cm³/mol. The number of benzene rings is 1. The van der Waals surface area contributed by atoms with Crippen molar-refractivity contribution in [3.63, 3.8) is 0 Å². The van der Waals surface area contributed by atoms with Gasteiger partial charge in [0, 0.05) is 25.8 Å². The third-order valence-corrected chi connectivity index (χ3v) is 4.56. The number of sulfonamides is 1. The fourth-order valence-corrected chi connectivity index (χ4v) is 2.85. The number of nitro benzene ring substituents is 1. The molecule has 0 amide bonds. The van der Waals surface area contributed by atoms with Gasteiger partial charge in [0.15, 0.2) is 6.29 Å². The maximum absolute atomic E-state index is 12.1. The molecule has 0 radical (unpaired) electrons. The average Bonchev–Trinajstić information content (AvgIpc) is 2.42. The molecule has 0 saturated carbocycles. The van der Waals surface area contributed by atoms with E-state index < -0.39 is 21.2 Å². The number of nitrogens with zero attached hydrogens (tertiary/aromatic N) is 1. The van der Waals surface area contributed by atoms with Gasteiger partial charge in [-0.3, -0.25) is 10.1 Å². The summed E-state index contributed by atoms with van der Waals surface area (Å²) < 4.78 is 36.1. The summed E-state index contributed by atoms with van der Waals surface area (Å²) in [6, 6.07) is 2.11. The second-order valence-electron chi connectivity index (χ2n) is 4.06. The van der Waals surface area contributed by atoms with Gasteiger partial charge in [0.2, 0.25) is 10.0 Å². The molecule has 0 spiro atoms. The van der Waals surface area contributed by atoms with Gasteiger partial charge in [-0.15, -0.1) is 0 Å². The summed E-state index contributed by atoms with van der Waals surface area (Å²) in [5, 5.41) is 10.9. The minimum absolute atomic E-state index is 0.000363. The van der Waals surface area contributed by atoms with Gasteiger partial charge in [-0.1, -0.05) is 11.6 Å². The second kappa shape index (κ2) is 7.14. The zero-order valence-electron chi connectivity index (χ0n) is 11.6. The monoisotopic (exact) mass is 338 g/mol. The summed E-state index contributed by atoms with van der Waals surface area (Å²) in [5.41, 5.74) is -0.162. The Hall–Kier alpha value is -1.26. The first-order valence-corrected chi connectivity index (χ1v) is 7.58. The molecule has 1 N–H and O–H groups in total. The Bertz CT molecular complexity index is 630. The van der Waals surface area contributed by atoms with E-state index in [0.717, 1.165) is 12.1 Å². The lowest BCUT2D eigenvalue weighted by atomic mass is 10.2. The van der Waals surface area contributed by atoms with Crippen LogP contribution in [0.2, 0.25) is 5.02 Å². The summed E-state index contributed by atoms with van der Waals surface area (Å²) in [7, 11) is -1.26. The minimum Gasteiger partial charge on any atom is -0.355 e. The largest absolute Gasteiger partial charge is 0.355 e. The van der Waals surface area contributed by atoms with Crippen LogP contribution in [0.1, 0.15) is 5.56 Å². The van der Waals surface area contributed by atoms with Crippen molar-refractivity contribution in [2.75, 3.05) is 20.8 Å². The fraction of sp³-hybridized carbons (Fsp3) is 0.455. The van der Waals surface area contributed by atoms with E-state index in [2.05, 4.69) is 4.72 Å². The molecular formula is C11H15ClN2O6S. The standard InChI is InChI=1S/C11H15ClN2O6S/c1-7-9(12)4-8(5-10(7)14(15)16)21(17,18)13-6-11(19-2)20-3/h4-5,11,13H,6H2,1-3H3. The van der Waals surface area contributed by atoms with E-state index >= 15 is 0 Å². The lowest BCUT2D eigenvalue weighted by Gasteiger charge is -2.14. The quantitative estimate of drug-likeness (QED) is 0.458. The number of ether oxygens (including phenoxy) is 2. The molecule has 8 nitrogen and oxygen atoms in total. The highest BCUT2D eigenvalue weighted by Crippen LogP contribution is 2.29. The number of rotatable bonds is 7. The molecule has 1 aromatic carbocycles. The van der Waals surface area contributed by atoms with Crippen molar-refractivity contribution in [2.24, 2.45) is 0 Å². The molecule has 0 bridgehead atoms. The van der Waals surface area contributed by atoms with E-state index in [1.165, 1.54) is 21.1 Å². The Labute approximate surface area is 127 Å². The third kappa shape index (κ3) is 4.35. The van der Waals surface area contributed by atoms with Crippen LogP contribution >= 0.6 is 11.6 Å². The molecule has 118 valence electrons. The molecule has 1 rings (SSSR count). The van der Waals surface area contributed by atoms with E-state index in [1.54, 1.807) is 0 Å². The molecule has 0 heterocycles. The maximum atomic E-state index is 12.1. The molecular weight excluding hydrogens is 324 g/mol. The summed E-state index contributed by atoms with van der Waals surface area (Å²) in [6.07, 6.45) is -0.768. The predicted octanol–water partition coefficient (Wildman–Crippen LogP) is 1.45. The second-order valence-corrected chi connectivity index (χ2v) is 6.23. The van der Waals surface area contributed by atoms with Crippen molar-refractivity contribution in [2.45, 2.75) is 18.1 Å². The van der Waals surface area contributed by atoms with Crippen LogP contribution in [0.15, 0.2) is 17.0 Å². The Morgan fingerprint density at radius 1 is 1.38 bits per heavy atom. The molecule has 0 aliphatic heterocycles. The number of nitrogens with one attached hydrogen (secondary N) is 1. The average molecular weight is 339 g/mol. The minimum atomic E-state index is -3.97. The van der Waals surface area contributed by atoms with Gasteiger partial charge < -0.3 is 9.47 Å². The fourth-order valence-electron chi connectivity index (χ4n) is 1.51. The molecule has 1 aromatic rings. The van der Waals surface area contributed by atoms with Gasteiger partial charge in [0.1, 0.15) is 0 Å². The van der Waals surface area contributed by atoms with E-state index in [-0.39, 0.29) is 27.7 Å². The molecule has 0 saturated heterocycles. The topological polar surface area (TPSA) is 108 Å². The first kappa shape index (κ1) is 17.8. The maximum Gasteiger partial charge on any atom is 0.275 e. The van der Waals surface area contributed by atoms with Crippen molar-refractivity contribution in [1.82, 2.24) is 4.72 Å². The lowest BCUT2D eigenvalue weighted by Crippen LogP contribution is -2.34. The Balaban J connectivity index is 3.12. The van der Waals surface area contributed by atoms with Gasteiger partial charge in [-0.2, -0.15) is 0 Å². The molecule has 0 aromatic heterocycles.